The molecular weight excluding hydrogens is 345 g/mol. The molecule has 0 radical (unpaired) electrons. The van der Waals surface area contributed by atoms with Crippen molar-refractivity contribution >= 4 is 15.7 Å². The number of hydrogen-bond acceptors (Lipinski definition) is 4. The molecule has 1 fully saturated rings. The van der Waals surface area contributed by atoms with Gasteiger partial charge in [-0.05, 0) is 56.6 Å². The van der Waals surface area contributed by atoms with Gasteiger partial charge in [0.25, 0.3) is 15.7 Å². The van der Waals surface area contributed by atoms with Gasteiger partial charge >= 0.3 is 5.51 Å². The quantitative estimate of drug-likeness (QED) is 0.888. The Hall–Kier alpha value is -1.61. The Morgan fingerprint density at radius 3 is 2.46 bits per heavy atom. The van der Waals surface area contributed by atoms with Gasteiger partial charge in [0.05, 0.1) is 4.90 Å². The van der Waals surface area contributed by atoms with Crippen molar-refractivity contribution in [2.45, 2.75) is 23.2 Å². The van der Waals surface area contributed by atoms with Crippen molar-refractivity contribution in [3.05, 3.63) is 29.8 Å². The molecule has 1 amide bonds. The summed E-state index contributed by atoms with van der Waals surface area (Å²) < 4.78 is 60.2. The molecule has 1 aliphatic rings. The Kier molecular flexibility index (Phi) is 5.54. The van der Waals surface area contributed by atoms with E-state index in [1.807, 2.05) is 7.05 Å². The molecule has 24 heavy (non-hydrogen) atoms. The highest BCUT2D eigenvalue weighted by Gasteiger charge is 2.46. The highest BCUT2D eigenvalue weighted by molar-refractivity contribution is 7.92. The van der Waals surface area contributed by atoms with Crippen LogP contribution in [0.5, 0.6) is 0 Å². The second-order valence-corrected chi connectivity index (χ2v) is 7.73. The Bertz CT molecular complexity index is 685. The van der Waals surface area contributed by atoms with Crippen molar-refractivity contribution in [3.63, 3.8) is 0 Å². The van der Waals surface area contributed by atoms with Gasteiger partial charge in [-0.15, -0.1) is 0 Å². The number of alkyl halides is 3. The summed E-state index contributed by atoms with van der Waals surface area (Å²) >= 11 is 0. The maximum atomic E-state index is 12.5. The topological polar surface area (TPSA) is 66.5 Å². The molecule has 1 atom stereocenters. The molecule has 0 aliphatic carbocycles. The highest BCUT2D eigenvalue weighted by atomic mass is 32.2. The molecule has 0 spiro atoms. The van der Waals surface area contributed by atoms with Crippen LogP contribution in [0.4, 0.5) is 13.2 Å². The number of sulfone groups is 1. The van der Waals surface area contributed by atoms with Gasteiger partial charge in [0.2, 0.25) is 0 Å². The number of amides is 1. The summed E-state index contributed by atoms with van der Waals surface area (Å²) in [6, 6.07) is 3.90. The summed E-state index contributed by atoms with van der Waals surface area (Å²) in [5.41, 5.74) is -5.17. The fraction of sp³-hybridized carbons (Fsp3) is 0.533. The molecule has 0 bridgehead atoms. The van der Waals surface area contributed by atoms with Crippen LogP contribution in [0, 0.1) is 5.92 Å². The van der Waals surface area contributed by atoms with Crippen LogP contribution in [0.15, 0.2) is 29.2 Å². The third-order valence-electron chi connectivity index (χ3n) is 4.02. The van der Waals surface area contributed by atoms with Gasteiger partial charge in [-0.1, -0.05) is 0 Å². The molecule has 1 saturated heterocycles. The van der Waals surface area contributed by atoms with Crippen molar-refractivity contribution in [1.29, 1.82) is 0 Å². The number of benzene rings is 1. The van der Waals surface area contributed by atoms with Gasteiger partial charge in [-0.2, -0.15) is 13.2 Å². The zero-order valence-corrected chi connectivity index (χ0v) is 14.0. The second kappa shape index (κ2) is 7.10. The number of carbonyl (C=O) groups excluding carboxylic acids is 1. The van der Waals surface area contributed by atoms with E-state index in [0.29, 0.717) is 19.0 Å². The molecule has 2 rings (SSSR count). The average molecular weight is 364 g/mol. The standard InChI is InChI=1S/C15H19F3N2O3S/c1-19-9-11-3-2-8-20(10-11)14(21)12-4-6-13(7-5-12)24(22,23)15(16,17)18/h4-7,11,19H,2-3,8-10H2,1H3/t11-/m1/s1. The lowest BCUT2D eigenvalue weighted by Gasteiger charge is -2.32. The number of halogens is 3. The number of likely N-dealkylation sites (tertiary alicyclic amines) is 1. The second-order valence-electron chi connectivity index (χ2n) is 5.79. The number of nitrogens with one attached hydrogen (secondary N) is 1. The lowest BCUT2D eigenvalue weighted by molar-refractivity contribution is -0.0436. The molecular formula is C15H19F3N2O3S. The molecule has 9 heteroatoms. The van der Waals surface area contributed by atoms with Crippen LogP contribution in [-0.2, 0) is 9.84 Å². The van der Waals surface area contributed by atoms with Crippen molar-refractivity contribution in [2.75, 3.05) is 26.7 Å². The largest absolute Gasteiger partial charge is 0.501 e. The summed E-state index contributed by atoms with van der Waals surface area (Å²) in [7, 11) is -3.56. The summed E-state index contributed by atoms with van der Waals surface area (Å²) in [4.78, 5) is 13.2. The van der Waals surface area contributed by atoms with E-state index in [2.05, 4.69) is 5.32 Å². The van der Waals surface area contributed by atoms with Crippen LogP contribution in [0.1, 0.15) is 23.2 Å². The maximum Gasteiger partial charge on any atom is 0.501 e. The Morgan fingerprint density at radius 1 is 1.29 bits per heavy atom. The van der Waals surface area contributed by atoms with Crippen molar-refractivity contribution in [2.24, 2.45) is 5.92 Å². The zero-order chi connectivity index (χ0) is 18.0. The number of nitrogens with zero attached hydrogens (tertiary/aromatic N) is 1. The van der Waals surface area contributed by atoms with Crippen LogP contribution < -0.4 is 5.32 Å². The first-order valence-electron chi connectivity index (χ1n) is 7.52. The Labute approximate surface area is 138 Å². The van der Waals surface area contributed by atoms with Gasteiger partial charge in [0, 0.05) is 18.7 Å². The van der Waals surface area contributed by atoms with E-state index in [1.54, 1.807) is 4.90 Å². The predicted molar refractivity (Wildman–Crippen MR) is 82.2 cm³/mol. The lowest BCUT2D eigenvalue weighted by atomic mass is 9.97. The van der Waals surface area contributed by atoms with Gasteiger partial charge in [-0.25, -0.2) is 8.42 Å². The highest BCUT2D eigenvalue weighted by Crippen LogP contribution is 2.30. The van der Waals surface area contributed by atoms with Crippen molar-refractivity contribution in [3.8, 4) is 0 Å². The van der Waals surface area contributed by atoms with Gasteiger partial charge in [0.1, 0.15) is 0 Å². The fourth-order valence-electron chi connectivity index (χ4n) is 2.80. The first-order chi connectivity index (χ1) is 11.2. The van der Waals surface area contributed by atoms with E-state index in [4.69, 9.17) is 0 Å². The molecule has 1 heterocycles. The molecule has 1 aliphatic heterocycles. The normalized spacial score (nSPS) is 19.3. The summed E-state index contributed by atoms with van der Waals surface area (Å²) in [5.74, 6) is 0.0318. The number of rotatable bonds is 4. The molecule has 1 aromatic rings. The van der Waals surface area contributed by atoms with Crippen LogP contribution in [-0.4, -0.2) is 51.4 Å². The predicted octanol–water partition coefficient (Wildman–Crippen LogP) is 2.05. The number of carbonyl (C=O) groups is 1. The Balaban J connectivity index is 2.15. The number of piperidine rings is 1. The fourth-order valence-corrected chi connectivity index (χ4v) is 3.56. The average Bonchev–Trinajstić information content (AvgIpc) is 2.54. The summed E-state index contributed by atoms with van der Waals surface area (Å²) in [6.45, 7) is 1.94. The maximum absolute atomic E-state index is 12.5. The molecule has 1 N–H and O–H groups in total. The molecule has 0 saturated carbocycles. The zero-order valence-electron chi connectivity index (χ0n) is 13.1. The van der Waals surface area contributed by atoms with Crippen LogP contribution >= 0.6 is 0 Å². The van der Waals surface area contributed by atoms with Gasteiger partial charge in [0.15, 0.2) is 0 Å². The molecule has 0 aromatic heterocycles. The van der Waals surface area contributed by atoms with Gasteiger partial charge in [-0.3, -0.25) is 4.79 Å². The van der Waals surface area contributed by atoms with E-state index in [1.165, 1.54) is 0 Å². The van der Waals surface area contributed by atoms with E-state index in [-0.39, 0.29) is 11.5 Å². The van der Waals surface area contributed by atoms with Gasteiger partial charge < -0.3 is 10.2 Å². The minimum absolute atomic E-state index is 0.182. The monoisotopic (exact) mass is 364 g/mol. The third kappa shape index (κ3) is 3.89. The van der Waals surface area contributed by atoms with E-state index in [9.17, 15) is 26.4 Å². The molecule has 134 valence electrons. The minimum atomic E-state index is -5.39. The SMILES string of the molecule is CNC[C@H]1CCCN(C(=O)c2ccc(S(=O)(=O)C(F)(F)F)cc2)C1. The number of hydrogen-bond donors (Lipinski definition) is 1. The summed E-state index contributed by atoms with van der Waals surface area (Å²) in [5, 5.41) is 3.06. The van der Waals surface area contributed by atoms with Crippen molar-refractivity contribution in [1.82, 2.24) is 10.2 Å². The molecule has 5 nitrogen and oxygen atoms in total. The van der Waals surface area contributed by atoms with Crippen LogP contribution in [0.2, 0.25) is 0 Å². The first-order valence-corrected chi connectivity index (χ1v) is 9.00. The van der Waals surface area contributed by atoms with Crippen LogP contribution in [0.3, 0.4) is 0 Å². The van der Waals surface area contributed by atoms with Crippen LogP contribution in [0.25, 0.3) is 0 Å². The molecule has 1 aromatic carbocycles. The molecule has 0 unspecified atom stereocenters. The smallest absolute Gasteiger partial charge is 0.338 e. The first kappa shape index (κ1) is 18.7. The lowest BCUT2D eigenvalue weighted by Crippen LogP contribution is -2.42. The van der Waals surface area contributed by atoms with E-state index >= 15 is 0 Å². The summed E-state index contributed by atoms with van der Waals surface area (Å²) in [6.07, 6.45) is 1.87. The third-order valence-corrected chi connectivity index (χ3v) is 5.52. The Morgan fingerprint density at radius 2 is 1.92 bits per heavy atom. The minimum Gasteiger partial charge on any atom is -0.338 e. The van der Waals surface area contributed by atoms with E-state index < -0.39 is 20.2 Å². The van der Waals surface area contributed by atoms with Crippen molar-refractivity contribution < 1.29 is 26.4 Å². The van der Waals surface area contributed by atoms with E-state index in [0.717, 1.165) is 43.7 Å².